The molecule has 0 aliphatic carbocycles. The first-order valence-corrected chi connectivity index (χ1v) is 8.98. The Morgan fingerprint density at radius 1 is 1.24 bits per heavy atom. The van der Waals surface area contributed by atoms with Gasteiger partial charge in [0.2, 0.25) is 0 Å². The van der Waals surface area contributed by atoms with E-state index in [1.165, 1.54) is 0 Å². The molecule has 0 unspecified atom stereocenters. The van der Waals surface area contributed by atoms with Crippen molar-refractivity contribution in [3.8, 4) is 0 Å². The quantitative estimate of drug-likeness (QED) is 0.389. The number of halogens is 3. The van der Waals surface area contributed by atoms with E-state index in [-0.39, 0.29) is 18.8 Å². The third-order valence-electron chi connectivity index (χ3n) is 3.66. The lowest BCUT2D eigenvalue weighted by atomic mass is 9.90. The second-order valence-electron chi connectivity index (χ2n) is 6.16. The van der Waals surface area contributed by atoms with Gasteiger partial charge in [0, 0.05) is 7.11 Å². The monoisotopic (exact) mass is 407 g/mol. The van der Waals surface area contributed by atoms with Crippen LogP contribution in [0.2, 0.25) is 0 Å². The number of methoxy groups -OCH3 is 1. The van der Waals surface area contributed by atoms with E-state index in [2.05, 4.69) is 5.32 Å². The first kappa shape index (κ1) is 22.3. The van der Waals surface area contributed by atoms with Gasteiger partial charge in [-0.25, -0.2) is 0 Å². The van der Waals surface area contributed by atoms with Crippen LogP contribution < -0.4 is 5.32 Å². The Bertz CT molecular complexity index is 573. The molecule has 0 aliphatic rings. The minimum absolute atomic E-state index is 0.176. The smallest absolute Gasteiger partial charge is 0.273 e. The van der Waals surface area contributed by atoms with Crippen LogP contribution in [0.1, 0.15) is 26.3 Å². The summed E-state index contributed by atoms with van der Waals surface area (Å²) >= 11 is 17.1. The molecular weight excluding hydrogens is 385 g/mol. The number of hydrogen-bond acceptors (Lipinski definition) is 3. The number of amides is 1. The normalized spacial score (nSPS) is 16.0. The molecule has 0 spiro atoms. The lowest BCUT2D eigenvalue weighted by molar-refractivity contribution is -0.121. The molecule has 0 aromatic heterocycles. The molecule has 4 nitrogen and oxygen atoms in total. The molecule has 1 aromatic rings. The summed E-state index contributed by atoms with van der Waals surface area (Å²) in [6.07, 6.45) is 3.54. The van der Waals surface area contributed by atoms with Crippen molar-refractivity contribution in [2.75, 3.05) is 13.9 Å². The maximum Gasteiger partial charge on any atom is 0.273 e. The van der Waals surface area contributed by atoms with Crippen LogP contribution in [0.15, 0.2) is 42.5 Å². The minimum Gasteiger partial charge on any atom is -0.359 e. The number of benzene rings is 1. The van der Waals surface area contributed by atoms with Gasteiger partial charge in [-0.1, -0.05) is 91.1 Å². The number of rotatable bonds is 8. The fourth-order valence-electron chi connectivity index (χ4n) is 2.21. The van der Waals surface area contributed by atoms with Crippen molar-refractivity contribution in [1.82, 2.24) is 5.32 Å². The summed E-state index contributed by atoms with van der Waals surface area (Å²) in [7, 11) is 1.57. The number of hydrogen-bond donors (Lipinski definition) is 1. The Morgan fingerprint density at radius 3 is 2.32 bits per heavy atom. The molecule has 1 N–H and O–H groups in total. The van der Waals surface area contributed by atoms with E-state index in [0.29, 0.717) is 0 Å². The second-order valence-corrected chi connectivity index (χ2v) is 8.44. The summed E-state index contributed by atoms with van der Waals surface area (Å²) in [6.45, 7) is 6.07. The first-order chi connectivity index (χ1) is 11.6. The van der Waals surface area contributed by atoms with Crippen molar-refractivity contribution in [3.63, 3.8) is 0 Å². The van der Waals surface area contributed by atoms with Gasteiger partial charge in [0.25, 0.3) is 9.70 Å². The van der Waals surface area contributed by atoms with Gasteiger partial charge in [-0.3, -0.25) is 4.79 Å². The van der Waals surface area contributed by atoms with E-state index in [1.54, 1.807) is 7.11 Å². The fourth-order valence-corrected chi connectivity index (χ4v) is 2.35. The number of ether oxygens (including phenoxy) is 2. The average Bonchev–Trinajstić information content (AvgIpc) is 2.54. The van der Waals surface area contributed by atoms with Gasteiger partial charge in [0.05, 0.1) is 11.6 Å². The van der Waals surface area contributed by atoms with E-state index in [1.807, 2.05) is 63.3 Å². The van der Waals surface area contributed by atoms with Crippen molar-refractivity contribution in [2.24, 2.45) is 5.92 Å². The molecular formula is C18H24Cl3NO3. The Kier molecular flexibility index (Phi) is 8.72. The molecule has 0 aliphatic heterocycles. The van der Waals surface area contributed by atoms with E-state index in [9.17, 15) is 4.79 Å². The van der Waals surface area contributed by atoms with Gasteiger partial charge in [-0.05, 0) is 18.4 Å². The largest absolute Gasteiger partial charge is 0.359 e. The molecule has 1 rings (SSSR count). The van der Waals surface area contributed by atoms with Gasteiger partial charge in [0.1, 0.15) is 6.79 Å². The van der Waals surface area contributed by atoms with Crippen LogP contribution >= 0.6 is 34.8 Å². The van der Waals surface area contributed by atoms with E-state index < -0.39 is 15.2 Å². The Labute approximate surface area is 164 Å². The molecule has 140 valence electrons. The van der Waals surface area contributed by atoms with Crippen molar-refractivity contribution in [2.45, 2.75) is 36.2 Å². The molecule has 1 aromatic carbocycles. The summed E-state index contributed by atoms with van der Waals surface area (Å²) in [5.74, 6) is -0.484. The van der Waals surface area contributed by atoms with Crippen molar-refractivity contribution >= 4 is 40.7 Å². The standard InChI is InChI=1S/C18H24Cl3NO3/c1-13(2)15(25-12-24-4)10-11-17(3,14-8-6-5-7-9-14)22-16(23)18(19,20)21/h5-11,13,15H,12H2,1-4H3,(H,22,23)/b11-10+/t15-,17-/m1/s1. The zero-order valence-electron chi connectivity index (χ0n) is 14.8. The van der Waals surface area contributed by atoms with Crippen LogP contribution in [0, 0.1) is 5.92 Å². The fraction of sp³-hybridized carbons (Fsp3) is 0.500. The molecule has 25 heavy (non-hydrogen) atoms. The highest BCUT2D eigenvalue weighted by molar-refractivity contribution is 6.76. The molecule has 7 heteroatoms. The highest BCUT2D eigenvalue weighted by Gasteiger charge is 2.36. The third kappa shape index (κ3) is 7.16. The molecule has 0 bridgehead atoms. The molecule has 0 saturated carbocycles. The van der Waals surface area contributed by atoms with E-state index in [0.717, 1.165) is 5.56 Å². The van der Waals surface area contributed by atoms with Gasteiger partial charge in [0.15, 0.2) is 0 Å². The van der Waals surface area contributed by atoms with Crippen LogP contribution in [0.25, 0.3) is 0 Å². The maximum atomic E-state index is 12.2. The number of nitrogens with one attached hydrogen (secondary N) is 1. The molecule has 0 saturated heterocycles. The summed E-state index contributed by atoms with van der Waals surface area (Å²) in [4.78, 5) is 12.2. The average molecular weight is 409 g/mol. The van der Waals surface area contributed by atoms with Crippen molar-refractivity contribution in [3.05, 3.63) is 48.0 Å². The maximum absolute atomic E-state index is 12.2. The van der Waals surface area contributed by atoms with Gasteiger partial charge >= 0.3 is 0 Å². The number of carbonyl (C=O) groups excluding carboxylic acids is 1. The molecule has 0 heterocycles. The zero-order chi connectivity index (χ0) is 19.1. The lowest BCUT2D eigenvalue weighted by Crippen LogP contribution is -2.47. The second kappa shape index (κ2) is 9.79. The summed E-state index contributed by atoms with van der Waals surface area (Å²) in [6, 6.07) is 9.43. The van der Waals surface area contributed by atoms with E-state index >= 15 is 0 Å². The number of carbonyl (C=O) groups is 1. The Balaban J connectivity index is 3.14. The van der Waals surface area contributed by atoms with E-state index in [4.69, 9.17) is 44.3 Å². The summed E-state index contributed by atoms with van der Waals surface area (Å²) in [5, 5.41) is 2.79. The number of alkyl halides is 3. The summed E-state index contributed by atoms with van der Waals surface area (Å²) in [5.41, 5.74) is -0.0191. The van der Waals surface area contributed by atoms with Crippen LogP contribution in [0.3, 0.4) is 0 Å². The topological polar surface area (TPSA) is 47.6 Å². The molecule has 0 fully saturated rings. The predicted molar refractivity (Wildman–Crippen MR) is 103 cm³/mol. The van der Waals surface area contributed by atoms with Crippen LogP contribution in [0.5, 0.6) is 0 Å². The molecule has 2 atom stereocenters. The zero-order valence-corrected chi connectivity index (χ0v) is 17.0. The summed E-state index contributed by atoms with van der Waals surface area (Å²) < 4.78 is 8.58. The molecule has 0 radical (unpaired) electrons. The van der Waals surface area contributed by atoms with Gasteiger partial charge < -0.3 is 14.8 Å². The van der Waals surface area contributed by atoms with Crippen LogP contribution in [0.4, 0.5) is 0 Å². The van der Waals surface area contributed by atoms with Gasteiger partial charge in [-0.2, -0.15) is 0 Å². The Morgan fingerprint density at radius 2 is 1.84 bits per heavy atom. The highest BCUT2D eigenvalue weighted by atomic mass is 35.6. The van der Waals surface area contributed by atoms with Crippen LogP contribution in [-0.2, 0) is 19.8 Å². The minimum atomic E-state index is -2.05. The van der Waals surface area contributed by atoms with Crippen molar-refractivity contribution < 1.29 is 14.3 Å². The predicted octanol–water partition coefficient (Wildman–Crippen LogP) is 4.59. The van der Waals surface area contributed by atoms with Gasteiger partial charge in [-0.15, -0.1) is 0 Å². The molecule has 1 amide bonds. The van der Waals surface area contributed by atoms with Crippen molar-refractivity contribution in [1.29, 1.82) is 0 Å². The Hall–Kier alpha value is -0.780. The third-order valence-corrected chi connectivity index (χ3v) is 4.17. The first-order valence-electron chi connectivity index (χ1n) is 7.85. The highest BCUT2D eigenvalue weighted by Crippen LogP contribution is 2.30. The van der Waals surface area contributed by atoms with Crippen LogP contribution in [-0.4, -0.2) is 29.7 Å². The lowest BCUT2D eigenvalue weighted by Gasteiger charge is -2.30. The SMILES string of the molecule is COCO[C@H](/C=C/[C@@](C)(NC(=O)C(Cl)(Cl)Cl)c1ccccc1)C(C)C.